The van der Waals surface area contributed by atoms with Crippen LogP contribution in [0.2, 0.25) is 0 Å². The molecule has 1 unspecified atom stereocenters. The summed E-state index contributed by atoms with van der Waals surface area (Å²) in [5, 5.41) is 3.39. The van der Waals surface area contributed by atoms with Crippen LogP contribution < -0.4 is 11.1 Å². The molecule has 120 valence electrons. The van der Waals surface area contributed by atoms with Crippen molar-refractivity contribution in [2.24, 2.45) is 17.1 Å². The molecule has 0 aromatic heterocycles. The molecule has 0 aliphatic carbocycles. The Morgan fingerprint density at radius 3 is 2.68 bits per heavy atom. The highest BCUT2D eigenvalue weighted by atomic mass is 16.5. The SMILES string of the molecule is NC[C@@H]1CN(CC2CC3(CNC3)CO2)C[C@H]1c1ccccc1. The minimum absolute atomic E-state index is 0.412. The molecule has 3 fully saturated rings. The highest BCUT2D eigenvalue weighted by Gasteiger charge is 2.45. The standard InChI is InChI=1S/C18H27N3O/c19-7-15-8-21(10-17(15)14-4-2-1-3-5-14)9-16-6-18(13-22-16)11-20-12-18/h1-5,15-17,20H,6-13,19H2/t15-,16?,17+/m1/s1. The van der Waals surface area contributed by atoms with Crippen molar-refractivity contribution in [2.75, 3.05) is 45.9 Å². The van der Waals surface area contributed by atoms with Crippen LogP contribution in [0.25, 0.3) is 0 Å². The zero-order valence-electron chi connectivity index (χ0n) is 13.2. The number of likely N-dealkylation sites (tertiary alicyclic amines) is 1. The molecule has 4 rings (SSSR count). The first kappa shape index (κ1) is 14.6. The van der Waals surface area contributed by atoms with Crippen LogP contribution in [0.5, 0.6) is 0 Å². The van der Waals surface area contributed by atoms with E-state index in [9.17, 15) is 0 Å². The van der Waals surface area contributed by atoms with Crippen molar-refractivity contribution >= 4 is 0 Å². The summed E-state index contributed by atoms with van der Waals surface area (Å²) in [5.74, 6) is 1.15. The zero-order valence-corrected chi connectivity index (χ0v) is 13.2. The smallest absolute Gasteiger partial charge is 0.0709 e. The molecule has 0 radical (unpaired) electrons. The summed E-state index contributed by atoms with van der Waals surface area (Å²) in [4.78, 5) is 2.57. The Morgan fingerprint density at radius 1 is 1.23 bits per heavy atom. The van der Waals surface area contributed by atoms with Crippen molar-refractivity contribution in [3.05, 3.63) is 35.9 Å². The quantitative estimate of drug-likeness (QED) is 0.872. The fourth-order valence-electron chi connectivity index (χ4n) is 4.45. The highest BCUT2D eigenvalue weighted by Crippen LogP contribution is 2.38. The molecule has 1 spiro atoms. The number of hydrogen-bond acceptors (Lipinski definition) is 4. The van der Waals surface area contributed by atoms with E-state index in [1.807, 2.05) is 0 Å². The fraction of sp³-hybridized carbons (Fsp3) is 0.667. The molecule has 3 atom stereocenters. The molecule has 3 N–H and O–H groups in total. The lowest BCUT2D eigenvalue weighted by molar-refractivity contribution is 0.0620. The van der Waals surface area contributed by atoms with Gasteiger partial charge >= 0.3 is 0 Å². The lowest BCUT2D eigenvalue weighted by Crippen LogP contribution is -2.54. The predicted molar refractivity (Wildman–Crippen MR) is 87.8 cm³/mol. The lowest BCUT2D eigenvalue weighted by atomic mass is 9.80. The van der Waals surface area contributed by atoms with Gasteiger partial charge in [-0.25, -0.2) is 0 Å². The van der Waals surface area contributed by atoms with E-state index < -0.39 is 0 Å². The second kappa shape index (κ2) is 5.93. The number of nitrogens with two attached hydrogens (primary N) is 1. The normalized spacial score (nSPS) is 34.1. The summed E-state index contributed by atoms with van der Waals surface area (Å²) in [7, 11) is 0. The van der Waals surface area contributed by atoms with Gasteiger partial charge in [-0.15, -0.1) is 0 Å². The molecule has 3 heterocycles. The van der Waals surface area contributed by atoms with Gasteiger partial charge < -0.3 is 15.8 Å². The van der Waals surface area contributed by atoms with Crippen LogP contribution in [0.4, 0.5) is 0 Å². The van der Waals surface area contributed by atoms with Crippen molar-refractivity contribution in [1.82, 2.24) is 10.2 Å². The Hall–Kier alpha value is -0.940. The van der Waals surface area contributed by atoms with Crippen LogP contribution in [0.15, 0.2) is 30.3 Å². The topological polar surface area (TPSA) is 50.5 Å². The van der Waals surface area contributed by atoms with Crippen LogP contribution >= 0.6 is 0 Å². The van der Waals surface area contributed by atoms with Gasteiger partial charge in [0.1, 0.15) is 0 Å². The van der Waals surface area contributed by atoms with Gasteiger partial charge in [-0.05, 0) is 24.4 Å². The number of hydrogen-bond donors (Lipinski definition) is 2. The van der Waals surface area contributed by atoms with Crippen molar-refractivity contribution in [3.63, 3.8) is 0 Å². The third-order valence-corrected chi connectivity index (χ3v) is 5.79. The molecule has 1 aromatic carbocycles. The number of nitrogens with one attached hydrogen (secondary N) is 1. The van der Waals surface area contributed by atoms with Crippen LogP contribution in [-0.2, 0) is 4.74 Å². The molecule has 0 bridgehead atoms. The van der Waals surface area contributed by atoms with Gasteiger partial charge in [0, 0.05) is 44.1 Å². The third kappa shape index (κ3) is 2.69. The summed E-state index contributed by atoms with van der Waals surface area (Å²) >= 11 is 0. The van der Waals surface area contributed by atoms with Crippen molar-refractivity contribution in [2.45, 2.75) is 18.4 Å². The molecule has 3 saturated heterocycles. The Kier molecular flexibility index (Phi) is 3.95. The largest absolute Gasteiger partial charge is 0.376 e. The van der Waals surface area contributed by atoms with Gasteiger partial charge in [0.25, 0.3) is 0 Å². The molecule has 3 aliphatic rings. The van der Waals surface area contributed by atoms with Crippen LogP contribution in [0, 0.1) is 11.3 Å². The maximum atomic E-state index is 6.07. The van der Waals surface area contributed by atoms with E-state index in [1.165, 1.54) is 12.0 Å². The van der Waals surface area contributed by atoms with Gasteiger partial charge in [-0.2, -0.15) is 0 Å². The molecule has 4 heteroatoms. The average molecular weight is 301 g/mol. The number of benzene rings is 1. The van der Waals surface area contributed by atoms with Crippen LogP contribution in [0.3, 0.4) is 0 Å². The van der Waals surface area contributed by atoms with E-state index in [2.05, 4.69) is 40.5 Å². The van der Waals surface area contributed by atoms with Gasteiger partial charge in [-0.3, -0.25) is 4.90 Å². The average Bonchev–Trinajstić information content (AvgIpc) is 3.12. The summed E-state index contributed by atoms with van der Waals surface area (Å²) in [6.07, 6.45) is 1.63. The molecule has 3 aliphatic heterocycles. The Balaban J connectivity index is 1.38. The second-order valence-electron chi connectivity index (χ2n) is 7.47. The van der Waals surface area contributed by atoms with Gasteiger partial charge in [-0.1, -0.05) is 30.3 Å². The van der Waals surface area contributed by atoms with E-state index in [0.717, 1.165) is 45.9 Å². The first-order chi connectivity index (χ1) is 10.8. The lowest BCUT2D eigenvalue weighted by Gasteiger charge is -2.37. The molecular formula is C18H27N3O. The molecular weight excluding hydrogens is 274 g/mol. The van der Waals surface area contributed by atoms with E-state index in [1.54, 1.807) is 0 Å². The summed E-state index contributed by atoms with van der Waals surface area (Å²) in [6, 6.07) is 10.9. The van der Waals surface area contributed by atoms with Crippen molar-refractivity contribution in [3.8, 4) is 0 Å². The Labute approximate surface area is 133 Å². The van der Waals surface area contributed by atoms with Crippen molar-refractivity contribution in [1.29, 1.82) is 0 Å². The number of rotatable bonds is 4. The first-order valence-electron chi connectivity index (χ1n) is 8.58. The van der Waals surface area contributed by atoms with Crippen LogP contribution in [0.1, 0.15) is 17.9 Å². The number of nitrogens with zero attached hydrogens (tertiary/aromatic N) is 1. The summed E-state index contributed by atoms with van der Waals surface area (Å²) in [6.45, 7) is 7.30. The maximum Gasteiger partial charge on any atom is 0.0709 e. The van der Waals surface area contributed by atoms with E-state index >= 15 is 0 Å². The van der Waals surface area contributed by atoms with Crippen LogP contribution in [-0.4, -0.2) is 56.9 Å². The van der Waals surface area contributed by atoms with Gasteiger partial charge in [0.15, 0.2) is 0 Å². The summed E-state index contributed by atoms with van der Waals surface area (Å²) < 4.78 is 6.07. The Bertz CT molecular complexity index is 502. The Morgan fingerprint density at radius 2 is 2.05 bits per heavy atom. The molecule has 4 nitrogen and oxygen atoms in total. The molecule has 22 heavy (non-hydrogen) atoms. The first-order valence-corrected chi connectivity index (χ1v) is 8.58. The maximum absolute atomic E-state index is 6.07. The predicted octanol–water partition coefficient (Wildman–Crippen LogP) is 1.04. The highest BCUT2D eigenvalue weighted by molar-refractivity contribution is 5.22. The minimum Gasteiger partial charge on any atom is -0.376 e. The van der Waals surface area contributed by atoms with E-state index in [4.69, 9.17) is 10.5 Å². The van der Waals surface area contributed by atoms with E-state index in [-0.39, 0.29) is 0 Å². The monoisotopic (exact) mass is 301 g/mol. The second-order valence-corrected chi connectivity index (χ2v) is 7.47. The van der Waals surface area contributed by atoms with E-state index in [0.29, 0.717) is 23.4 Å². The van der Waals surface area contributed by atoms with Crippen molar-refractivity contribution < 1.29 is 4.74 Å². The molecule has 1 aromatic rings. The summed E-state index contributed by atoms with van der Waals surface area (Å²) in [5.41, 5.74) is 7.93. The minimum atomic E-state index is 0.412. The van der Waals surface area contributed by atoms with Gasteiger partial charge in [0.2, 0.25) is 0 Å². The fourth-order valence-corrected chi connectivity index (χ4v) is 4.45. The zero-order chi connectivity index (χ0) is 15.0. The third-order valence-electron chi connectivity index (χ3n) is 5.79. The number of ether oxygens (including phenoxy) is 1. The molecule has 0 amide bonds. The van der Waals surface area contributed by atoms with Gasteiger partial charge in [0.05, 0.1) is 12.7 Å². The molecule has 0 saturated carbocycles.